The van der Waals surface area contributed by atoms with Crippen LogP contribution in [-0.2, 0) is 9.59 Å². The molecule has 0 unspecified atom stereocenters. The van der Waals surface area contributed by atoms with E-state index in [0.29, 0.717) is 5.92 Å². The SMILES string of the molecule is C[C@@H](NC(=O)C(=O)C(C)(C)C)C1CCNCC1.Cl. The Kier molecular flexibility index (Phi) is 6.86. The van der Waals surface area contributed by atoms with Crippen molar-refractivity contribution in [1.82, 2.24) is 10.6 Å². The van der Waals surface area contributed by atoms with Crippen LogP contribution < -0.4 is 10.6 Å². The molecule has 1 aliphatic rings. The molecule has 0 radical (unpaired) electrons. The second kappa shape index (κ2) is 7.10. The Bertz CT molecular complexity index is 294. The lowest BCUT2D eigenvalue weighted by Gasteiger charge is -2.29. The number of rotatable bonds is 3. The highest BCUT2D eigenvalue weighted by molar-refractivity contribution is 6.37. The number of halogens is 1. The van der Waals surface area contributed by atoms with E-state index in [-0.39, 0.29) is 24.2 Å². The summed E-state index contributed by atoms with van der Waals surface area (Å²) in [7, 11) is 0. The number of hydrogen-bond acceptors (Lipinski definition) is 3. The highest BCUT2D eigenvalue weighted by Gasteiger charge is 2.30. The fourth-order valence-electron chi connectivity index (χ4n) is 2.08. The Morgan fingerprint density at radius 2 is 1.72 bits per heavy atom. The zero-order valence-electron chi connectivity index (χ0n) is 11.7. The lowest BCUT2D eigenvalue weighted by Crippen LogP contribution is -2.47. The molecule has 0 aromatic rings. The fourth-order valence-corrected chi connectivity index (χ4v) is 2.08. The molecule has 0 saturated carbocycles. The van der Waals surface area contributed by atoms with Crippen molar-refractivity contribution in [1.29, 1.82) is 0 Å². The number of carbonyl (C=O) groups excluding carboxylic acids is 2. The summed E-state index contributed by atoms with van der Waals surface area (Å²) in [4.78, 5) is 23.5. The minimum Gasteiger partial charge on any atom is -0.347 e. The Hall–Kier alpha value is -0.610. The molecule has 1 amide bonds. The molecule has 1 atom stereocenters. The second-order valence-corrected chi connectivity index (χ2v) is 5.93. The molecule has 2 N–H and O–H groups in total. The molecular formula is C13H25ClN2O2. The summed E-state index contributed by atoms with van der Waals surface area (Å²) < 4.78 is 0. The van der Waals surface area contributed by atoms with Gasteiger partial charge in [0, 0.05) is 11.5 Å². The summed E-state index contributed by atoms with van der Waals surface area (Å²) in [6, 6.07) is 0.0795. The number of carbonyl (C=O) groups is 2. The topological polar surface area (TPSA) is 58.2 Å². The minimum absolute atomic E-state index is 0. The number of nitrogens with one attached hydrogen (secondary N) is 2. The molecule has 1 rings (SSSR count). The predicted molar refractivity (Wildman–Crippen MR) is 74.9 cm³/mol. The van der Waals surface area contributed by atoms with Gasteiger partial charge in [-0.15, -0.1) is 12.4 Å². The molecule has 1 heterocycles. The van der Waals surface area contributed by atoms with E-state index in [0.717, 1.165) is 25.9 Å². The summed E-state index contributed by atoms with van der Waals surface area (Å²) in [6.07, 6.45) is 2.12. The number of piperidine rings is 1. The van der Waals surface area contributed by atoms with Crippen LogP contribution in [-0.4, -0.2) is 30.8 Å². The van der Waals surface area contributed by atoms with Gasteiger partial charge in [0.25, 0.3) is 5.91 Å². The molecule has 5 heteroatoms. The maximum atomic E-state index is 11.8. The molecule has 0 spiro atoms. The number of hydrogen-bond donors (Lipinski definition) is 2. The van der Waals surface area contributed by atoms with E-state index in [9.17, 15) is 9.59 Å². The van der Waals surface area contributed by atoms with Crippen molar-refractivity contribution >= 4 is 24.1 Å². The van der Waals surface area contributed by atoms with Gasteiger partial charge in [-0.2, -0.15) is 0 Å². The van der Waals surface area contributed by atoms with E-state index in [1.807, 2.05) is 6.92 Å². The summed E-state index contributed by atoms with van der Waals surface area (Å²) in [6.45, 7) is 9.29. The second-order valence-electron chi connectivity index (χ2n) is 5.93. The van der Waals surface area contributed by atoms with Crippen LogP contribution in [0.2, 0.25) is 0 Å². The minimum atomic E-state index is -0.599. The molecule has 1 saturated heterocycles. The van der Waals surface area contributed by atoms with Gasteiger partial charge in [-0.3, -0.25) is 9.59 Å². The largest absolute Gasteiger partial charge is 0.347 e. The Balaban J connectivity index is 0.00000289. The lowest BCUT2D eigenvalue weighted by atomic mass is 9.88. The van der Waals surface area contributed by atoms with E-state index in [2.05, 4.69) is 10.6 Å². The van der Waals surface area contributed by atoms with E-state index in [1.54, 1.807) is 20.8 Å². The van der Waals surface area contributed by atoms with Crippen LogP contribution in [0.5, 0.6) is 0 Å². The third kappa shape index (κ3) is 4.94. The van der Waals surface area contributed by atoms with E-state index in [1.165, 1.54) is 0 Å². The quantitative estimate of drug-likeness (QED) is 0.769. The van der Waals surface area contributed by atoms with Gasteiger partial charge in [0.1, 0.15) is 0 Å². The van der Waals surface area contributed by atoms with Gasteiger partial charge < -0.3 is 10.6 Å². The first-order valence-electron chi connectivity index (χ1n) is 6.38. The van der Waals surface area contributed by atoms with Gasteiger partial charge in [0.2, 0.25) is 5.78 Å². The van der Waals surface area contributed by atoms with Crippen molar-refractivity contribution in [2.45, 2.75) is 46.6 Å². The van der Waals surface area contributed by atoms with Crippen LogP contribution in [0.1, 0.15) is 40.5 Å². The van der Waals surface area contributed by atoms with Gasteiger partial charge in [0.15, 0.2) is 0 Å². The normalized spacial score (nSPS) is 18.7. The first kappa shape index (κ1) is 17.4. The first-order chi connectivity index (χ1) is 7.82. The van der Waals surface area contributed by atoms with E-state index < -0.39 is 11.3 Å². The van der Waals surface area contributed by atoms with Crippen molar-refractivity contribution < 1.29 is 9.59 Å². The van der Waals surface area contributed by atoms with Crippen LogP contribution in [0.3, 0.4) is 0 Å². The average Bonchev–Trinajstić information content (AvgIpc) is 2.27. The predicted octanol–water partition coefficient (Wildman–Crippen LogP) is 1.53. The van der Waals surface area contributed by atoms with Gasteiger partial charge in [0.05, 0.1) is 0 Å². The molecule has 0 aliphatic carbocycles. The van der Waals surface area contributed by atoms with Crippen LogP contribution in [0.4, 0.5) is 0 Å². The number of amides is 1. The molecule has 0 bridgehead atoms. The number of Topliss-reactive ketones (excluding diaryl/α,β-unsaturated/α-hetero) is 1. The van der Waals surface area contributed by atoms with Crippen molar-refractivity contribution in [3.8, 4) is 0 Å². The molecule has 4 nitrogen and oxygen atoms in total. The zero-order chi connectivity index (χ0) is 13.1. The molecular weight excluding hydrogens is 252 g/mol. The maximum absolute atomic E-state index is 11.8. The average molecular weight is 277 g/mol. The molecule has 18 heavy (non-hydrogen) atoms. The summed E-state index contributed by atoms with van der Waals surface area (Å²) in [5.41, 5.74) is -0.599. The van der Waals surface area contributed by atoms with Gasteiger partial charge in [-0.1, -0.05) is 20.8 Å². The molecule has 1 aliphatic heterocycles. The zero-order valence-corrected chi connectivity index (χ0v) is 12.5. The summed E-state index contributed by atoms with van der Waals surface area (Å²) in [5.74, 6) is -0.296. The van der Waals surface area contributed by atoms with Crippen molar-refractivity contribution in [3.63, 3.8) is 0 Å². The highest BCUT2D eigenvalue weighted by atomic mass is 35.5. The van der Waals surface area contributed by atoms with Crippen LogP contribution in [0, 0.1) is 11.3 Å². The number of ketones is 1. The summed E-state index contributed by atoms with van der Waals surface area (Å²) in [5, 5.41) is 6.13. The van der Waals surface area contributed by atoms with Crippen molar-refractivity contribution in [2.75, 3.05) is 13.1 Å². The smallest absolute Gasteiger partial charge is 0.288 e. The van der Waals surface area contributed by atoms with Crippen LogP contribution in [0.15, 0.2) is 0 Å². The third-order valence-electron chi connectivity index (χ3n) is 3.34. The van der Waals surface area contributed by atoms with E-state index in [4.69, 9.17) is 0 Å². The van der Waals surface area contributed by atoms with Crippen molar-refractivity contribution in [3.05, 3.63) is 0 Å². The third-order valence-corrected chi connectivity index (χ3v) is 3.34. The Labute approximate surface area is 116 Å². The standard InChI is InChI=1S/C13H24N2O2.ClH/c1-9(10-5-7-14-8-6-10)15-12(17)11(16)13(2,3)4;/h9-10,14H,5-8H2,1-4H3,(H,15,17);1H/t9-;/m1./s1. The lowest BCUT2D eigenvalue weighted by molar-refractivity contribution is -0.143. The van der Waals surface area contributed by atoms with E-state index >= 15 is 0 Å². The van der Waals surface area contributed by atoms with Crippen LogP contribution in [0.25, 0.3) is 0 Å². The molecule has 0 aromatic carbocycles. The Morgan fingerprint density at radius 3 is 2.17 bits per heavy atom. The van der Waals surface area contributed by atoms with Gasteiger partial charge in [-0.05, 0) is 38.8 Å². The monoisotopic (exact) mass is 276 g/mol. The molecule has 106 valence electrons. The van der Waals surface area contributed by atoms with Gasteiger partial charge in [-0.25, -0.2) is 0 Å². The fraction of sp³-hybridized carbons (Fsp3) is 0.846. The maximum Gasteiger partial charge on any atom is 0.288 e. The summed E-state index contributed by atoms with van der Waals surface area (Å²) >= 11 is 0. The Morgan fingerprint density at radius 1 is 1.22 bits per heavy atom. The first-order valence-corrected chi connectivity index (χ1v) is 6.38. The molecule has 1 fully saturated rings. The van der Waals surface area contributed by atoms with Gasteiger partial charge >= 0.3 is 0 Å². The molecule has 0 aromatic heterocycles. The highest BCUT2D eigenvalue weighted by Crippen LogP contribution is 2.18. The van der Waals surface area contributed by atoms with Crippen LogP contribution >= 0.6 is 12.4 Å². The van der Waals surface area contributed by atoms with Crippen molar-refractivity contribution in [2.24, 2.45) is 11.3 Å².